The third-order valence-corrected chi connectivity index (χ3v) is 3.92. The Kier molecular flexibility index (Phi) is 9.05. The third kappa shape index (κ3) is 5.95. The molecule has 0 aliphatic rings. The number of hydrogen-bond donors (Lipinski definition) is 2. The molecule has 0 aliphatic heterocycles. The van der Waals surface area contributed by atoms with Gasteiger partial charge in [0.25, 0.3) is 0 Å². The smallest absolute Gasteiger partial charge is 0.504 e. The van der Waals surface area contributed by atoms with Gasteiger partial charge in [0.1, 0.15) is 5.75 Å². The Morgan fingerprint density at radius 2 is 1.67 bits per heavy atom. The van der Waals surface area contributed by atoms with Gasteiger partial charge in [0.05, 0.1) is 6.61 Å². The van der Waals surface area contributed by atoms with Crippen LogP contribution < -0.4 is 9.47 Å². The summed E-state index contributed by atoms with van der Waals surface area (Å²) < 4.78 is 10.8. The van der Waals surface area contributed by atoms with Crippen molar-refractivity contribution in [2.75, 3.05) is 6.61 Å². The first-order chi connectivity index (χ1) is 11.5. The molecule has 0 unspecified atom stereocenters. The molecule has 0 aromatic heterocycles. The number of rotatable bonds is 11. The van der Waals surface area contributed by atoms with Crippen molar-refractivity contribution in [3.05, 3.63) is 17.2 Å². The molecule has 0 spiro atoms. The van der Waals surface area contributed by atoms with E-state index < -0.39 is 6.16 Å². The van der Waals surface area contributed by atoms with E-state index in [-0.39, 0.29) is 11.5 Å². The Hall–Kier alpha value is -1.91. The van der Waals surface area contributed by atoms with Crippen molar-refractivity contribution in [2.45, 2.75) is 72.1 Å². The Morgan fingerprint density at radius 1 is 1.04 bits per heavy atom. The van der Waals surface area contributed by atoms with Crippen molar-refractivity contribution in [3.63, 3.8) is 0 Å². The predicted octanol–water partition coefficient (Wildman–Crippen LogP) is 5.31. The van der Waals surface area contributed by atoms with E-state index >= 15 is 0 Å². The molecule has 0 atom stereocenters. The van der Waals surface area contributed by atoms with Crippen LogP contribution in [-0.4, -0.2) is 23.0 Å². The second kappa shape index (κ2) is 10.8. The van der Waals surface area contributed by atoms with Crippen LogP contribution in [-0.2, 0) is 12.8 Å². The summed E-state index contributed by atoms with van der Waals surface area (Å²) in [5, 5.41) is 19.6. The Bertz CT molecular complexity index is 525. The number of ether oxygens (including phenoxy) is 2. The van der Waals surface area contributed by atoms with E-state index in [0.29, 0.717) is 36.3 Å². The number of hydrogen-bond acceptors (Lipinski definition) is 4. The molecule has 5 nitrogen and oxygen atoms in total. The third-order valence-electron chi connectivity index (χ3n) is 3.92. The summed E-state index contributed by atoms with van der Waals surface area (Å²) in [6.07, 6.45) is 5.54. The molecule has 0 fully saturated rings. The number of carboxylic acid groups (broad SMARTS) is 1. The minimum absolute atomic E-state index is 0.0601. The molecular weight excluding hydrogens is 308 g/mol. The van der Waals surface area contributed by atoms with Gasteiger partial charge in [-0.2, -0.15) is 0 Å². The van der Waals surface area contributed by atoms with Gasteiger partial charge in [0.2, 0.25) is 0 Å². The maximum Gasteiger partial charge on any atom is 0.511 e. The quantitative estimate of drug-likeness (QED) is 0.325. The van der Waals surface area contributed by atoms with Gasteiger partial charge in [0.15, 0.2) is 11.5 Å². The van der Waals surface area contributed by atoms with Crippen molar-refractivity contribution in [2.24, 2.45) is 0 Å². The highest BCUT2D eigenvalue weighted by Gasteiger charge is 2.21. The zero-order valence-corrected chi connectivity index (χ0v) is 15.1. The molecule has 0 saturated heterocycles. The Balaban J connectivity index is 3.26. The molecule has 0 saturated carbocycles. The largest absolute Gasteiger partial charge is 0.511 e. The molecule has 0 heterocycles. The maximum atomic E-state index is 11.0. The van der Waals surface area contributed by atoms with Crippen LogP contribution in [0.4, 0.5) is 4.79 Å². The fraction of sp³-hybridized carbons (Fsp3) is 0.632. The number of unbranched alkanes of at least 4 members (excludes halogenated alkanes) is 3. The molecule has 0 radical (unpaired) electrons. The van der Waals surface area contributed by atoms with E-state index in [1.165, 1.54) is 0 Å². The minimum Gasteiger partial charge on any atom is -0.504 e. The van der Waals surface area contributed by atoms with Gasteiger partial charge in [-0.25, -0.2) is 4.79 Å². The van der Waals surface area contributed by atoms with E-state index in [1.807, 2.05) is 6.07 Å². The molecule has 5 heteroatoms. The van der Waals surface area contributed by atoms with Gasteiger partial charge in [0, 0.05) is 11.1 Å². The first-order valence-corrected chi connectivity index (χ1v) is 8.96. The predicted molar refractivity (Wildman–Crippen MR) is 94.4 cm³/mol. The molecule has 1 rings (SSSR count). The number of carbonyl (C=O) groups is 1. The number of phenolic OH excluding ortho intramolecular Hbond substituents is 1. The molecular formula is C19H30O5. The zero-order chi connectivity index (χ0) is 17.9. The van der Waals surface area contributed by atoms with E-state index in [0.717, 1.165) is 38.5 Å². The standard InChI is InChI=1S/C19H30O5/c1-4-7-10-14-13-16(23-12-9-6-3)15(11-8-5-2)17(20)18(14)24-19(21)22/h13,20H,4-12H2,1-3H3,(H,21,22). The fourth-order valence-electron chi connectivity index (χ4n) is 2.52. The van der Waals surface area contributed by atoms with Crippen LogP contribution in [0, 0.1) is 0 Å². The maximum absolute atomic E-state index is 11.0. The second-order valence-corrected chi connectivity index (χ2v) is 5.97. The van der Waals surface area contributed by atoms with Crippen LogP contribution >= 0.6 is 0 Å². The van der Waals surface area contributed by atoms with Gasteiger partial charge in [-0.15, -0.1) is 0 Å². The molecule has 2 N–H and O–H groups in total. The highest BCUT2D eigenvalue weighted by Crippen LogP contribution is 2.42. The Morgan fingerprint density at radius 3 is 2.25 bits per heavy atom. The summed E-state index contributed by atoms with van der Waals surface area (Å²) in [4.78, 5) is 11.0. The lowest BCUT2D eigenvalue weighted by Crippen LogP contribution is -2.09. The minimum atomic E-state index is -1.41. The molecule has 1 aromatic carbocycles. The van der Waals surface area contributed by atoms with Crippen molar-refractivity contribution in [3.8, 4) is 17.2 Å². The van der Waals surface area contributed by atoms with E-state index in [9.17, 15) is 9.90 Å². The molecule has 0 amide bonds. The second-order valence-electron chi connectivity index (χ2n) is 5.97. The van der Waals surface area contributed by atoms with Crippen LogP contribution in [0.1, 0.15) is 70.4 Å². The van der Waals surface area contributed by atoms with Gasteiger partial charge >= 0.3 is 6.16 Å². The first kappa shape index (κ1) is 20.1. The lowest BCUT2D eigenvalue weighted by atomic mass is 9.99. The van der Waals surface area contributed by atoms with Crippen molar-refractivity contribution < 1.29 is 24.5 Å². The topological polar surface area (TPSA) is 76.0 Å². The Labute approximate surface area is 144 Å². The van der Waals surface area contributed by atoms with Gasteiger partial charge in [-0.05, 0) is 38.2 Å². The van der Waals surface area contributed by atoms with E-state index in [1.54, 1.807) is 0 Å². The highest BCUT2D eigenvalue weighted by atomic mass is 16.7. The average molecular weight is 338 g/mol. The molecule has 1 aromatic rings. The van der Waals surface area contributed by atoms with Crippen LogP contribution in [0.25, 0.3) is 0 Å². The zero-order valence-electron chi connectivity index (χ0n) is 15.1. The van der Waals surface area contributed by atoms with Crippen molar-refractivity contribution >= 4 is 6.16 Å². The van der Waals surface area contributed by atoms with Crippen LogP contribution in [0.3, 0.4) is 0 Å². The number of aromatic hydroxyl groups is 1. The lowest BCUT2D eigenvalue weighted by molar-refractivity contribution is 0.142. The summed E-state index contributed by atoms with van der Waals surface area (Å²) in [7, 11) is 0. The van der Waals surface area contributed by atoms with Crippen molar-refractivity contribution in [1.82, 2.24) is 0 Å². The normalized spacial score (nSPS) is 10.6. The van der Waals surface area contributed by atoms with Gasteiger partial charge in [-0.1, -0.05) is 40.0 Å². The van der Waals surface area contributed by atoms with Crippen LogP contribution in [0.2, 0.25) is 0 Å². The molecule has 24 heavy (non-hydrogen) atoms. The average Bonchev–Trinajstić information content (AvgIpc) is 2.55. The summed E-state index contributed by atoms with van der Waals surface area (Å²) >= 11 is 0. The van der Waals surface area contributed by atoms with E-state index in [4.69, 9.17) is 14.6 Å². The molecule has 0 aliphatic carbocycles. The highest BCUT2D eigenvalue weighted by molar-refractivity contribution is 5.67. The van der Waals surface area contributed by atoms with Crippen molar-refractivity contribution in [1.29, 1.82) is 0 Å². The summed E-state index contributed by atoms with van der Waals surface area (Å²) in [5.74, 6) is 0.620. The number of benzene rings is 1. The monoisotopic (exact) mass is 338 g/mol. The number of phenols is 1. The lowest BCUT2D eigenvalue weighted by Gasteiger charge is -2.18. The fourth-order valence-corrected chi connectivity index (χ4v) is 2.52. The van der Waals surface area contributed by atoms with E-state index in [2.05, 4.69) is 20.8 Å². The summed E-state index contributed by atoms with van der Waals surface area (Å²) in [6.45, 7) is 6.81. The number of aryl methyl sites for hydroxylation is 1. The molecule has 0 bridgehead atoms. The SMILES string of the molecule is CCCCOc1cc(CCCC)c(OC(=O)O)c(O)c1CCCC. The van der Waals surface area contributed by atoms with Gasteiger partial charge < -0.3 is 19.7 Å². The van der Waals surface area contributed by atoms with Gasteiger partial charge in [-0.3, -0.25) is 0 Å². The summed E-state index contributed by atoms with van der Waals surface area (Å²) in [6, 6.07) is 1.84. The van der Waals surface area contributed by atoms with Crippen LogP contribution in [0.5, 0.6) is 17.2 Å². The molecule has 136 valence electrons. The summed E-state index contributed by atoms with van der Waals surface area (Å²) in [5.41, 5.74) is 1.33. The first-order valence-electron chi connectivity index (χ1n) is 8.96. The van der Waals surface area contributed by atoms with Crippen LogP contribution in [0.15, 0.2) is 6.07 Å².